The van der Waals surface area contributed by atoms with E-state index in [-0.39, 0.29) is 11.7 Å². The lowest BCUT2D eigenvalue weighted by atomic mass is 10.1. The maximum absolute atomic E-state index is 12.7. The average Bonchev–Trinajstić information content (AvgIpc) is 2.55. The average molecular weight is 320 g/mol. The minimum Gasteiger partial charge on any atom is -0.273 e. The molecule has 1 N–H and O–H groups in total. The van der Waals surface area contributed by atoms with Gasteiger partial charge in [-0.05, 0) is 24.1 Å². The summed E-state index contributed by atoms with van der Waals surface area (Å²) in [6, 6.07) is 5.97. The van der Waals surface area contributed by atoms with E-state index in [1.165, 1.54) is 63.3 Å². The first-order valence-electron chi connectivity index (χ1n) is 8.80. The fourth-order valence-electron chi connectivity index (χ4n) is 2.38. The van der Waals surface area contributed by atoms with Gasteiger partial charge in [0.1, 0.15) is 5.82 Å². The van der Waals surface area contributed by atoms with Gasteiger partial charge in [-0.2, -0.15) is 5.10 Å². The van der Waals surface area contributed by atoms with Gasteiger partial charge in [-0.15, -0.1) is 0 Å². The molecule has 0 atom stereocenters. The molecule has 0 spiro atoms. The summed E-state index contributed by atoms with van der Waals surface area (Å²) in [4.78, 5) is 11.6. The molecule has 0 fully saturated rings. The van der Waals surface area contributed by atoms with Crippen molar-refractivity contribution in [2.24, 2.45) is 5.10 Å². The number of benzene rings is 1. The summed E-state index contributed by atoms with van der Waals surface area (Å²) in [6.45, 7) is 2.23. The highest BCUT2D eigenvalue weighted by Crippen LogP contribution is 2.10. The Kier molecular flexibility index (Phi) is 10.8. The molecule has 0 heterocycles. The monoisotopic (exact) mass is 320 g/mol. The van der Waals surface area contributed by atoms with Gasteiger partial charge in [0.25, 0.3) is 0 Å². The van der Waals surface area contributed by atoms with Crippen LogP contribution in [0, 0.1) is 5.82 Å². The number of hydrogen-bond acceptors (Lipinski definition) is 2. The molecule has 0 saturated carbocycles. The predicted molar refractivity (Wildman–Crippen MR) is 94.0 cm³/mol. The molecule has 0 bridgehead atoms. The maximum atomic E-state index is 12.7. The summed E-state index contributed by atoms with van der Waals surface area (Å²) in [5.41, 5.74) is 3.27. The van der Waals surface area contributed by atoms with Crippen molar-refractivity contribution in [3.05, 3.63) is 35.6 Å². The third-order valence-corrected chi connectivity index (χ3v) is 3.78. The molecule has 0 saturated heterocycles. The first-order chi connectivity index (χ1) is 11.2. The summed E-state index contributed by atoms with van der Waals surface area (Å²) in [5.74, 6) is -0.345. The van der Waals surface area contributed by atoms with Crippen LogP contribution in [0.5, 0.6) is 0 Å². The molecular formula is C19H29FN2O. The van der Waals surface area contributed by atoms with Crippen molar-refractivity contribution >= 4 is 12.1 Å². The number of amides is 1. The molecular weight excluding hydrogens is 291 g/mol. The fraction of sp³-hybridized carbons (Fsp3) is 0.579. The summed E-state index contributed by atoms with van der Waals surface area (Å²) in [5, 5.41) is 3.88. The summed E-state index contributed by atoms with van der Waals surface area (Å²) in [6.07, 6.45) is 13.2. The van der Waals surface area contributed by atoms with Crippen LogP contribution in [0.25, 0.3) is 0 Å². The highest BCUT2D eigenvalue weighted by molar-refractivity contribution is 5.82. The number of hydrazone groups is 1. The molecule has 1 aromatic carbocycles. The summed E-state index contributed by atoms with van der Waals surface area (Å²) < 4.78 is 12.7. The van der Waals surface area contributed by atoms with Gasteiger partial charge in [0.05, 0.1) is 6.21 Å². The number of nitrogens with zero attached hydrogens (tertiary/aromatic N) is 1. The molecule has 23 heavy (non-hydrogen) atoms. The standard InChI is InChI=1S/C19H29FN2O/c1-2-3-4-5-6-7-8-9-10-11-19(23)22-21-16-17-12-14-18(20)15-13-17/h12-16H,2-11H2,1H3,(H,22,23). The third kappa shape index (κ3) is 10.6. The fourth-order valence-corrected chi connectivity index (χ4v) is 2.38. The Morgan fingerprint density at radius 1 is 1.00 bits per heavy atom. The van der Waals surface area contributed by atoms with Crippen molar-refractivity contribution in [1.82, 2.24) is 5.43 Å². The second-order valence-corrected chi connectivity index (χ2v) is 5.92. The lowest BCUT2D eigenvalue weighted by Gasteiger charge is -2.02. The van der Waals surface area contributed by atoms with Gasteiger partial charge in [-0.25, -0.2) is 9.82 Å². The molecule has 0 aliphatic rings. The van der Waals surface area contributed by atoms with Crippen LogP contribution in [0.4, 0.5) is 4.39 Å². The first-order valence-corrected chi connectivity index (χ1v) is 8.80. The molecule has 128 valence electrons. The van der Waals surface area contributed by atoms with Crippen LogP contribution in [0.3, 0.4) is 0 Å². The van der Waals surface area contributed by atoms with E-state index >= 15 is 0 Å². The Hall–Kier alpha value is -1.71. The van der Waals surface area contributed by atoms with Crippen LogP contribution in [0.15, 0.2) is 29.4 Å². The van der Waals surface area contributed by atoms with Gasteiger partial charge in [-0.1, -0.05) is 70.4 Å². The molecule has 0 aliphatic heterocycles. The van der Waals surface area contributed by atoms with Crippen molar-refractivity contribution in [1.29, 1.82) is 0 Å². The highest BCUT2D eigenvalue weighted by Gasteiger charge is 1.99. The van der Waals surface area contributed by atoms with Gasteiger partial charge in [0, 0.05) is 6.42 Å². The Bertz CT molecular complexity index is 457. The van der Waals surface area contributed by atoms with Crippen LogP contribution >= 0.6 is 0 Å². The lowest BCUT2D eigenvalue weighted by molar-refractivity contribution is -0.121. The second kappa shape index (κ2) is 12.8. The second-order valence-electron chi connectivity index (χ2n) is 5.92. The third-order valence-electron chi connectivity index (χ3n) is 3.78. The molecule has 3 nitrogen and oxygen atoms in total. The van der Waals surface area contributed by atoms with E-state index in [1.54, 1.807) is 12.1 Å². The molecule has 0 aromatic heterocycles. The zero-order valence-corrected chi connectivity index (χ0v) is 14.2. The van der Waals surface area contributed by atoms with Crippen LogP contribution < -0.4 is 5.43 Å². The molecule has 0 unspecified atom stereocenters. The van der Waals surface area contributed by atoms with Crippen LogP contribution in [-0.4, -0.2) is 12.1 Å². The number of nitrogens with one attached hydrogen (secondary N) is 1. The van der Waals surface area contributed by atoms with E-state index in [0.29, 0.717) is 6.42 Å². The molecule has 1 amide bonds. The zero-order valence-electron chi connectivity index (χ0n) is 14.2. The molecule has 1 rings (SSSR count). The Balaban J connectivity index is 1.99. The van der Waals surface area contributed by atoms with E-state index in [9.17, 15) is 9.18 Å². The highest BCUT2D eigenvalue weighted by atomic mass is 19.1. The van der Waals surface area contributed by atoms with Crippen LogP contribution in [0.1, 0.15) is 76.7 Å². The van der Waals surface area contributed by atoms with Crippen molar-refractivity contribution < 1.29 is 9.18 Å². The lowest BCUT2D eigenvalue weighted by Crippen LogP contribution is -2.16. The molecule has 4 heteroatoms. The molecule has 0 aliphatic carbocycles. The first kappa shape index (κ1) is 19.3. The van der Waals surface area contributed by atoms with Crippen molar-refractivity contribution in [3.63, 3.8) is 0 Å². The van der Waals surface area contributed by atoms with Crippen molar-refractivity contribution in [2.75, 3.05) is 0 Å². The largest absolute Gasteiger partial charge is 0.273 e. The molecule has 0 radical (unpaired) electrons. The van der Waals surface area contributed by atoms with Gasteiger partial charge in [0.2, 0.25) is 5.91 Å². The number of halogens is 1. The normalized spacial score (nSPS) is 11.0. The topological polar surface area (TPSA) is 41.5 Å². The van der Waals surface area contributed by atoms with Gasteiger partial charge < -0.3 is 0 Å². The van der Waals surface area contributed by atoms with Gasteiger partial charge >= 0.3 is 0 Å². The number of rotatable bonds is 12. The zero-order chi connectivity index (χ0) is 16.8. The van der Waals surface area contributed by atoms with Crippen molar-refractivity contribution in [2.45, 2.75) is 71.1 Å². The number of unbranched alkanes of at least 4 members (excludes halogenated alkanes) is 8. The number of carbonyl (C=O) groups is 1. The van der Waals surface area contributed by atoms with E-state index < -0.39 is 0 Å². The van der Waals surface area contributed by atoms with E-state index in [4.69, 9.17) is 0 Å². The van der Waals surface area contributed by atoms with E-state index in [1.807, 2.05) is 0 Å². The van der Waals surface area contributed by atoms with Gasteiger partial charge in [-0.3, -0.25) is 4.79 Å². The van der Waals surface area contributed by atoms with Crippen molar-refractivity contribution in [3.8, 4) is 0 Å². The van der Waals surface area contributed by atoms with E-state index in [0.717, 1.165) is 18.4 Å². The number of hydrogen-bond donors (Lipinski definition) is 1. The van der Waals surface area contributed by atoms with Crippen LogP contribution in [-0.2, 0) is 4.79 Å². The Morgan fingerprint density at radius 3 is 2.17 bits per heavy atom. The predicted octanol–water partition coefficient (Wildman–Crippen LogP) is 5.20. The Labute approximate surface area is 139 Å². The van der Waals surface area contributed by atoms with E-state index in [2.05, 4.69) is 17.5 Å². The van der Waals surface area contributed by atoms with Crippen LogP contribution in [0.2, 0.25) is 0 Å². The molecule has 1 aromatic rings. The smallest absolute Gasteiger partial charge is 0.240 e. The summed E-state index contributed by atoms with van der Waals surface area (Å²) in [7, 11) is 0. The van der Waals surface area contributed by atoms with Gasteiger partial charge in [0.15, 0.2) is 0 Å². The SMILES string of the molecule is CCCCCCCCCCCC(=O)NN=Cc1ccc(F)cc1. The Morgan fingerprint density at radius 2 is 1.57 bits per heavy atom. The summed E-state index contributed by atoms with van der Waals surface area (Å²) >= 11 is 0. The minimum absolute atomic E-state index is 0.0636. The number of carbonyl (C=O) groups excluding carboxylic acids is 1. The maximum Gasteiger partial charge on any atom is 0.240 e. The minimum atomic E-state index is -0.281. The quantitative estimate of drug-likeness (QED) is 0.321.